The van der Waals surface area contributed by atoms with E-state index in [1.807, 2.05) is 0 Å². The van der Waals surface area contributed by atoms with E-state index in [4.69, 9.17) is 5.73 Å². The first-order valence-electron chi connectivity index (χ1n) is 5.47. The Morgan fingerprint density at radius 3 is 2.33 bits per heavy atom. The molecule has 0 aromatic heterocycles. The van der Waals surface area contributed by atoms with Crippen LogP contribution in [0.25, 0.3) is 0 Å². The molecule has 0 aliphatic heterocycles. The topological polar surface area (TPSA) is 53.6 Å². The fourth-order valence-corrected chi connectivity index (χ4v) is 1.16. The Morgan fingerprint density at radius 2 is 1.93 bits per heavy atom. The molecule has 0 saturated heterocycles. The van der Waals surface area contributed by atoms with E-state index in [0.717, 1.165) is 13.0 Å². The van der Waals surface area contributed by atoms with E-state index in [1.54, 1.807) is 0 Å². The SMILES string of the molecule is CC(CCN(C)C)N=C(N)NC(C)(C)C. The Bertz CT molecular complexity index is 203. The Hall–Kier alpha value is -0.770. The molecule has 0 aromatic rings. The first-order chi connectivity index (χ1) is 6.70. The Morgan fingerprint density at radius 1 is 1.40 bits per heavy atom. The summed E-state index contributed by atoms with van der Waals surface area (Å²) in [6.07, 6.45) is 1.03. The van der Waals surface area contributed by atoms with Crippen LogP contribution in [-0.4, -0.2) is 43.1 Å². The molecule has 1 atom stereocenters. The summed E-state index contributed by atoms with van der Waals surface area (Å²) in [7, 11) is 4.13. The molecule has 0 saturated carbocycles. The lowest BCUT2D eigenvalue weighted by molar-refractivity contribution is 0.385. The van der Waals surface area contributed by atoms with Crippen LogP contribution >= 0.6 is 0 Å². The van der Waals surface area contributed by atoms with Crippen molar-refractivity contribution in [3.8, 4) is 0 Å². The molecule has 0 spiro atoms. The molecule has 0 heterocycles. The molecule has 1 unspecified atom stereocenters. The molecule has 0 aromatic carbocycles. The molecule has 0 amide bonds. The summed E-state index contributed by atoms with van der Waals surface area (Å²) in [5.41, 5.74) is 5.77. The second-order valence-electron chi connectivity index (χ2n) is 5.33. The summed E-state index contributed by atoms with van der Waals surface area (Å²) in [5.74, 6) is 0.536. The van der Waals surface area contributed by atoms with Gasteiger partial charge >= 0.3 is 0 Å². The lowest BCUT2D eigenvalue weighted by atomic mass is 10.1. The maximum absolute atomic E-state index is 5.79. The third-order valence-corrected chi connectivity index (χ3v) is 1.86. The van der Waals surface area contributed by atoms with E-state index in [1.165, 1.54) is 0 Å². The highest BCUT2D eigenvalue weighted by molar-refractivity contribution is 5.78. The summed E-state index contributed by atoms with van der Waals surface area (Å²) in [6.45, 7) is 9.33. The molecule has 4 heteroatoms. The predicted octanol–water partition coefficient (Wildman–Crippen LogP) is 1.03. The zero-order valence-electron chi connectivity index (χ0n) is 11.0. The molecule has 3 N–H and O–H groups in total. The normalized spacial score (nSPS) is 15.5. The average Bonchev–Trinajstić information content (AvgIpc) is 1.96. The summed E-state index contributed by atoms with van der Waals surface area (Å²) in [6, 6.07) is 0.266. The van der Waals surface area contributed by atoms with Crippen LogP contribution in [0.15, 0.2) is 4.99 Å². The molecule has 4 nitrogen and oxygen atoms in total. The van der Waals surface area contributed by atoms with Crippen LogP contribution in [0.4, 0.5) is 0 Å². The monoisotopic (exact) mass is 214 g/mol. The van der Waals surface area contributed by atoms with Gasteiger partial charge in [-0.2, -0.15) is 0 Å². The van der Waals surface area contributed by atoms with Crippen LogP contribution in [0.5, 0.6) is 0 Å². The van der Waals surface area contributed by atoms with Gasteiger partial charge in [-0.1, -0.05) is 0 Å². The van der Waals surface area contributed by atoms with E-state index >= 15 is 0 Å². The first kappa shape index (κ1) is 14.2. The third kappa shape index (κ3) is 9.53. The standard InChI is InChI=1S/C11H26N4/c1-9(7-8-15(5)6)13-10(12)14-11(2,3)4/h9H,7-8H2,1-6H3,(H3,12,13,14). The molecule has 15 heavy (non-hydrogen) atoms. The van der Waals surface area contributed by atoms with Crippen molar-refractivity contribution >= 4 is 5.96 Å². The van der Waals surface area contributed by atoms with E-state index in [9.17, 15) is 0 Å². The maximum Gasteiger partial charge on any atom is 0.189 e. The summed E-state index contributed by atoms with van der Waals surface area (Å²) in [4.78, 5) is 6.54. The quantitative estimate of drug-likeness (QED) is 0.543. The number of guanidine groups is 1. The van der Waals surface area contributed by atoms with Crippen molar-refractivity contribution in [1.29, 1.82) is 0 Å². The molecule has 0 aliphatic rings. The van der Waals surface area contributed by atoms with Crippen LogP contribution in [0, 0.1) is 0 Å². The highest BCUT2D eigenvalue weighted by atomic mass is 15.1. The number of nitrogens with two attached hydrogens (primary N) is 1. The van der Waals surface area contributed by atoms with Crippen molar-refractivity contribution in [3.63, 3.8) is 0 Å². The number of hydrogen-bond donors (Lipinski definition) is 2. The lowest BCUT2D eigenvalue weighted by Gasteiger charge is -2.22. The van der Waals surface area contributed by atoms with Crippen molar-refractivity contribution < 1.29 is 0 Å². The molecule has 0 rings (SSSR count). The molecule has 0 aliphatic carbocycles. The molecule has 90 valence electrons. The number of hydrogen-bond acceptors (Lipinski definition) is 2. The summed E-state index contributed by atoms with van der Waals surface area (Å²) < 4.78 is 0. The molecule has 0 fully saturated rings. The van der Waals surface area contributed by atoms with Gasteiger partial charge in [-0.15, -0.1) is 0 Å². The van der Waals surface area contributed by atoms with Crippen LogP contribution in [0.1, 0.15) is 34.1 Å². The molecule has 0 radical (unpaired) electrons. The van der Waals surface area contributed by atoms with Gasteiger partial charge in [-0.25, -0.2) is 0 Å². The number of nitrogens with zero attached hydrogens (tertiary/aromatic N) is 2. The maximum atomic E-state index is 5.79. The zero-order chi connectivity index (χ0) is 12.1. The van der Waals surface area contributed by atoms with Gasteiger partial charge in [0.1, 0.15) is 0 Å². The highest BCUT2D eigenvalue weighted by Gasteiger charge is 2.10. The highest BCUT2D eigenvalue weighted by Crippen LogP contribution is 2.00. The lowest BCUT2D eigenvalue weighted by Crippen LogP contribution is -2.45. The van der Waals surface area contributed by atoms with E-state index < -0.39 is 0 Å². The van der Waals surface area contributed by atoms with Crippen LogP contribution in [0.3, 0.4) is 0 Å². The van der Waals surface area contributed by atoms with Gasteiger partial charge < -0.3 is 16.0 Å². The second kappa shape index (κ2) is 5.95. The van der Waals surface area contributed by atoms with Gasteiger partial charge in [0.25, 0.3) is 0 Å². The van der Waals surface area contributed by atoms with Crippen LogP contribution in [-0.2, 0) is 0 Å². The largest absolute Gasteiger partial charge is 0.370 e. The molecular weight excluding hydrogens is 188 g/mol. The van der Waals surface area contributed by atoms with Crippen molar-refractivity contribution in [2.75, 3.05) is 20.6 Å². The number of nitrogens with one attached hydrogen (secondary N) is 1. The van der Waals surface area contributed by atoms with Gasteiger partial charge in [-0.3, -0.25) is 4.99 Å². The average molecular weight is 214 g/mol. The van der Waals surface area contributed by atoms with Crippen molar-refractivity contribution in [2.24, 2.45) is 10.7 Å². The van der Waals surface area contributed by atoms with Gasteiger partial charge in [-0.05, 0) is 54.8 Å². The Labute approximate surface area is 93.9 Å². The predicted molar refractivity (Wildman–Crippen MR) is 67.1 cm³/mol. The van der Waals surface area contributed by atoms with E-state index in [0.29, 0.717) is 5.96 Å². The van der Waals surface area contributed by atoms with E-state index in [-0.39, 0.29) is 11.6 Å². The van der Waals surface area contributed by atoms with Gasteiger partial charge in [0.05, 0.1) is 6.04 Å². The third-order valence-electron chi connectivity index (χ3n) is 1.86. The summed E-state index contributed by atoms with van der Waals surface area (Å²) in [5, 5.41) is 3.15. The minimum atomic E-state index is -0.0190. The Balaban J connectivity index is 4.00. The zero-order valence-corrected chi connectivity index (χ0v) is 11.0. The minimum absolute atomic E-state index is 0.0190. The van der Waals surface area contributed by atoms with Crippen molar-refractivity contribution in [1.82, 2.24) is 10.2 Å². The van der Waals surface area contributed by atoms with E-state index in [2.05, 4.69) is 57.0 Å². The summed E-state index contributed by atoms with van der Waals surface area (Å²) >= 11 is 0. The van der Waals surface area contributed by atoms with Crippen molar-refractivity contribution in [3.05, 3.63) is 0 Å². The van der Waals surface area contributed by atoms with Gasteiger partial charge in [0.2, 0.25) is 0 Å². The minimum Gasteiger partial charge on any atom is -0.370 e. The van der Waals surface area contributed by atoms with Crippen LogP contribution < -0.4 is 11.1 Å². The van der Waals surface area contributed by atoms with Gasteiger partial charge in [0.15, 0.2) is 5.96 Å². The number of rotatable bonds is 4. The fraction of sp³-hybridized carbons (Fsp3) is 0.909. The Kier molecular flexibility index (Phi) is 5.65. The molecular formula is C11H26N4. The van der Waals surface area contributed by atoms with Gasteiger partial charge in [0, 0.05) is 5.54 Å². The van der Waals surface area contributed by atoms with Crippen molar-refractivity contribution in [2.45, 2.75) is 45.7 Å². The van der Waals surface area contributed by atoms with Crippen LogP contribution in [0.2, 0.25) is 0 Å². The smallest absolute Gasteiger partial charge is 0.189 e. The fourth-order valence-electron chi connectivity index (χ4n) is 1.16. The first-order valence-corrected chi connectivity index (χ1v) is 5.47. The molecule has 0 bridgehead atoms. The number of aliphatic imine (C=N–C) groups is 1. The second-order valence-corrected chi connectivity index (χ2v) is 5.33.